The first-order valence-electron chi connectivity index (χ1n) is 26.6. The Kier molecular flexibility index (Phi) is 10.4. The molecule has 1 unspecified atom stereocenters. The smallest absolute Gasteiger partial charge is 0.0726 e. The summed E-state index contributed by atoms with van der Waals surface area (Å²) in [7, 11) is 0. The highest BCUT2D eigenvalue weighted by molar-refractivity contribution is 5.97. The standard InChI is InChI=1S/C72H69N/c1-67(2,3)46-25-29-49(30-26-46)71(50-31-27-47(28-32-50)68(4,5)6)61-22-16-13-19-55(61)59-41-38-53(44-65(59)71)73(52-36-33-48(34-37-52)69(7,8)9)54-39-42-60-57-21-15-18-24-63(57)72(66(60)45-54)62-23-17-14-20-56(62)58-40-35-51(43-64(58)72)70(10,11)12/h13-45H,1-12H3. The fourth-order valence-corrected chi connectivity index (χ4v) is 12.9. The number of hydrogen-bond acceptors (Lipinski definition) is 1. The molecule has 0 saturated carbocycles. The average Bonchev–Trinajstić information content (AvgIpc) is 3.96. The number of anilines is 3. The lowest BCUT2D eigenvalue weighted by Crippen LogP contribution is -2.29. The summed E-state index contributed by atoms with van der Waals surface area (Å²) in [4.78, 5) is 2.54. The van der Waals surface area contributed by atoms with Crippen LogP contribution in [-0.4, -0.2) is 0 Å². The van der Waals surface area contributed by atoms with Crippen LogP contribution in [0.2, 0.25) is 0 Å². The lowest BCUT2D eigenvalue weighted by Gasteiger charge is -2.36. The Labute approximate surface area is 435 Å². The van der Waals surface area contributed by atoms with E-state index in [2.05, 4.69) is 288 Å². The van der Waals surface area contributed by atoms with Crippen molar-refractivity contribution in [2.75, 3.05) is 4.90 Å². The molecule has 0 fully saturated rings. The van der Waals surface area contributed by atoms with Crippen molar-refractivity contribution >= 4 is 17.1 Å². The van der Waals surface area contributed by atoms with Crippen LogP contribution in [0.1, 0.15) is 150 Å². The number of rotatable bonds is 5. The zero-order valence-corrected chi connectivity index (χ0v) is 45.0. The largest absolute Gasteiger partial charge is 0.310 e. The van der Waals surface area contributed by atoms with Gasteiger partial charge in [-0.1, -0.05) is 247 Å². The van der Waals surface area contributed by atoms with Gasteiger partial charge in [-0.25, -0.2) is 0 Å². The number of benzene rings is 9. The van der Waals surface area contributed by atoms with Crippen LogP contribution < -0.4 is 4.90 Å². The van der Waals surface area contributed by atoms with Crippen molar-refractivity contribution in [3.05, 3.63) is 267 Å². The maximum absolute atomic E-state index is 2.55. The van der Waals surface area contributed by atoms with Crippen LogP contribution in [0.5, 0.6) is 0 Å². The second-order valence-corrected chi connectivity index (χ2v) is 25.4. The zero-order chi connectivity index (χ0) is 51.0. The van der Waals surface area contributed by atoms with E-state index in [1.807, 2.05) is 0 Å². The van der Waals surface area contributed by atoms with E-state index in [9.17, 15) is 0 Å². The molecule has 3 aliphatic rings. The van der Waals surface area contributed by atoms with Crippen molar-refractivity contribution in [3.63, 3.8) is 0 Å². The molecule has 9 aromatic rings. The molecule has 3 aliphatic carbocycles. The Balaban J connectivity index is 1.13. The summed E-state index contributed by atoms with van der Waals surface area (Å²) in [5, 5.41) is 0. The van der Waals surface area contributed by atoms with Crippen molar-refractivity contribution in [2.45, 2.75) is 116 Å². The van der Waals surface area contributed by atoms with Gasteiger partial charge in [0.25, 0.3) is 0 Å². The molecule has 362 valence electrons. The van der Waals surface area contributed by atoms with Gasteiger partial charge in [-0.2, -0.15) is 0 Å². The van der Waals surface area contributed by atoms with Crippen molar-refractivity contribution in [2.24, 2.45) is 0 Å². The van der Waals surface area contributed by atoms with Crippen LogP contribution in [0.4, 0.5) is 17.1 Å². The van der Waals surface area contributed by atoms with E-state index in [1.165, 1.54) is 100 Å². The summed E-state index contributed by atoms with van der Waals surface area (Å²) in [5.41, 5.74) is 26.1. The van der Waals surface area contributed by atoms with Gasteiger partial charge < -0.3 is 4.90 Å². The maximum atomic E-state index is 2.55. The summed E-state index contributed by atoms with van der Waals surface area (Å²) < 4.78 is 0. The topological polar surface area (TPSA) is 3.24 Å². The van der Waals surface area contributed by atoms with E-state index in [0.29, 0.717) is 0 Å². The zero-order valence-electron chi connectivity index (χ0n) is 45.0. The summed E-state index contributed by atoms with van der Waals surface area (Å²) >= 11 is 0. The van der Waals surface area contributed by atoms with E-state index >= 15 is 0 Å². The molecule has 1 atom stereocenters. The van der Waals surface area contributed by atoms with Gasteiger partial charge in [0.2, 0.25) is 0 Å². The Morgan fingerprint density at radius 1 is 0.247 bits per heavy atom. The van der Waals surface area contributed by atoms with Gasteiger partial charge in [0, 0.05) is 17.1 Å². The Hall–Kier alpha value is -7.22. The Morgan fingerprint density at radius 3 is 0.932 bits per heavy atom. The summed E-state index contributed by atoms with van der Waals surface area (Å²) in [5.74, 6) is 0. The van der Waals surface area contributed by atoms with Gasteiger partial charge in [0.05, 0.1) is 10.8 Å². The first-order chi connectivity index (χ1) is 34.7. The van der Waals surface area contributed by atoms with Gasteiger partial charge in [-0.15, -0.1) is 0 Å². The molecule has 1 nitrogen and oxygen atoms in total. The molecule has 0 bridgehead atoms. The fraction of sp³-hybridized carbons (Fsp3) is 0.250. The number of fused-ring (bicyclic) bond motifs is 13. The summed E-state index contributed by atoms with van der Waals surface area (Å²) in [6, 6.07) is 78.1. The third kappa shape index (κ3) is 7.01. The minimum Gasteiger partial charge on any atom is -0.310 e. The minimum absolute atomic E-state index is 0.00821. The molecule has 0 aromatic heterocycles. The van der Waals surface area contributed by atoms with Crippen molar-refractivity contribution < 1.29 is 0 Å². The predicted octanol–water partition coefficient (Wildman–Crippen LogP) is 19.1. The Morgan fingerprint density at radius 2 is 0.534 bits per heavy atom. The molecule has 0 saturated heterocycles. The van der Waals surface area contributed by atoms with E-state index < -0.39 is 10.8 Å². The van der Waals surface area contributed by atoms with E-state index in [1.54, 1.807) is 0 Å². The number of hydrogen-bond donors (Lipinski definition) is 0. The van der Waals surface area contributed by atoms with Gasteiger partial charge in [0.15, 0.2) is 0 Å². The molecule has 0 N–H and O–H groups in total. The molecular weight excluding hydrogens is 879 g/mol. The van der Waals surface area contributed by atoms with E-state index in [-0.39, 0.29) is 21.7 Å². The van der Waals surface area contributed by atoms with Crippen LogP contribution in [0.3, 0.4) is 0 Å². The molecule has 1 heteroatoms. The quantitative estimate of drug-likeness (QED) is 0.166. The van der Waals surface area contributed by atoms with Gasteiger partial charge in [-0.3, -0.25) is 0 Å². The summed E-state index contributed by atoms with van der Waals surface area (Å²) in [6.45, 7) is 27.8. The first kappa shape index (κ1) is 46.8. The molecule has 0 heterocycles. The second-order valence-electron chi connectivity index (χ2n) is 25.4. The monoisotopic (exact) mass is 948 g/mol. The van der Waals surface area contributed by atoms with Gasteiger partial charge >= 0.3 is 0 Å². The molecule has 73 heavy (non-hydrogen) atoms. The molecule has 0 amide bonds. The van der Waals surface area contributed by atoms with Crippen molar-refractivity contribution in [3.8, 4) is 33.4 Å². The average molecular weight is 948 g/mol. The first-order valence-corrected chi connectivity index (χ1v) is 26.6. The van der Waals surface area contributed by atoms with E-state index in [4.69, 9.17) is 0 Å². The highest BCUT2D eigenvalue weighted by Crippen LogP contribution is 2.64. The van der Waals surface area contributed by atoms with Crippen LogP contribution in [0, 0.1) is 0 Å². The lowest BCUT2D eigenvalue weighted by molar-refractivity contribution is 0.588. The molecule has 1 spiro atoms. The third-order valence-electron chi connectivity index (χ3n) is 16.8. The highest BCUT2D eigenvalue weighted by Gasteiger charge is 2.52. The Bertz CT molecular complexity index is 3560. The fourth-order valence-electron chi connectivity index (χ4n) is 12.9. The number of nitrogens with zero attached hydrogens (tertiary/aromatic N) is 1. The van der Waals surface area contributed by atoms with Crippen LogP contribution in [0.15, 0.2) is 200 Å². The predicted molar refractivity (Wildman–Crippen MR) is 310 cm³/mol. The molecule has 12 rings (SSSR count). The lowest BCUT2D eigenvalue weighted by atomic mass is 9.67. The van der Waals surface area contributed by atoms with Gasteiger partial charge in [0.1, 0.15) is 0 Å². The molecule has 9 aromatic carbocycles. The highest BCUT2D eigenvalue weighted by atomic mass is 15.1. The van der Waals surface area contributed by atoms with Crippen LogP contribution in [-0.2, 0) is 32.5 Å². The minimum atomic E-state index is -0.581. The molecular formula is C72H69N. The van der Waals surface area contributed by atoms with Crippen molar-refractivity contribution in [1.82, 2.24) is 0 Å². The molecule has 0 radical (unpaired) electrons. The van der Waals surface area contributed by atoms with Crippen LogP contribution >= 0.6 is 0 Å². The molecule has 0 aliphatic heterocycles. The SMILES string of the molecule is CC(C)(C)c1ccc(N(c2ccc3c(c2)C(c2ccc(C(C)(C)C)cc2)(c2ccc(C(C)(C)C)cc2)c2ccccc2-3)c2ccc3c(c2)C2(c4ccccc4-3)c3ccccc3-c3ccc(C(C)(C)C)cc32)cc1. The second kappa shape index (κ2) is 16.1. The maximum Gasteiger partial charge on any atom is 0.0726 e. The van der Waals surface area contributed by atoms with Crippen molar-refractivity contribution in [1.29, 1.82) is 0 Å². The van der Waals surface area contributed by atoms with Gasteiger partial charge in [-0.05, 0) is 158 Å². The van der Waals surface area contributed by atoms with Crippen LogP contribution in [0.25, 0.3) is 33.4 Å². The third-order valence-corrected chi connectivity index (χ3v) is 16.8. The summed E-state index contributed by atoms with van der Waals surface area (Å²) in [6.07, 6.45) is 0. The van der Waals surface area contributed by atoms with E-state index in [0.717, 1.165) is 17.1 Å². The normalized spacial score (nSPS) is 16.1.